The molecule has 0 bridgehead atoms. The van der Waals surface area contributed by atoms with Gasteiger partial charge < -0.3 is 10.6 Å². The molecule has 1 saturated heterocycles. The van der Waals surface area contributed by atoms with Crippen LogP contribution in [0.25, 0.3) is 0 Å². The molecule has 1 atom stereocenters. The summed E-state index contributed by atoms with van der Waals surface area (Å²) in [5.41, 5.74) is 0.435. The largest absolute Gasteiger partial charge is 0.325 e. The molecule has 0 aromatic heterocycles. The number of aryl methyl sites for hydroxylation is 2. The van der Waals surface area contributed by atoms with Crippen LogP contribution in [0.3, 0.4) is 0 Å². The molecule has 0 aliphatic carbocycles. The van der Waals surface area contributed by atoms with Crippen LogP contribution in [0.1, 0.15) is 37.5 Å². The number of amides is 4. The van der Waals surface area contributed by atoms with Crippen LogP contribution in [-0.4, -0.2) is 29.3 Å². The zero-order valence-electron chi connectivity index (χ0n) is 17.0. The molecule has 1 aliphatic heterocycles. The molecule has 0 spiro atoms. The molecule has 8 heteroatoms. The molecule has 0 saturated carbocycles. The summed E-state index contributed by atoms with van der Waals surface area (Å²) in [6.45, 7) is 4.66. The van der Waals surface area contributed by atoms with Gasteiger partial charge in [0.1, 0.15) is 23.7 Å². The fourth-order valence-corrected chi connectivity index (χ4v) is 3.63. The van der Waals surface area contributed by atoms with Crippen molar-refractivity contribution in [3.05, 3.63) is 64.7 Å². The van der Waals surface area contributed by atoms with Crippen LogP contribution >= 0.6 is 0 Å². The maximum atomic E-state index is 14.2. The number of nitrogens with zero attached hydrogens (tertiary/aromatic N) is 1. The van der Waals surface area contributed by atoms with E-state index in [-0.39, 0.29) is 5.56 Å². The van der Waals surface area contributed by atoms with Crippen LogP contribution in [0.5, 0.6) is 0 Å². The van der Waals surface area contributed by atoms with Gasteiger partial charge in [-0.1, -0.05) is 32.0 Å². The highest BCUT2D eigenvalue weighted by Gasteiger charge is 2.50. The second kappa shape index (κ2) is 8.22. The molecular weight excluding hydrogens is 392 g/mol. The maximum Gasteiger partial charge on any atom is 0.325 e. The van der Waals surface area contributed by atoms with Crippen molar-refractivity contribution in [2.75, 3.05) is 11.9 Å². The van der Waals surface area contributed by atoms with Crippen molar-refractivity contribution in [2.24, 2.45) is 0 Å². The Hall–Kier alpha value is -3.29. The number of nitrogens with one attached hydrogen (secondary N) is 2. The first-order chi connectivity index (χ1) is 14.2. The summed E-state index contributed by atoms with van der Waals surface area (Å²) >= 11 is 0. The first-order valence-electron chi connectivity index (χ1n) is 9.71. The molecular formula is C22H23F2N3O3. The number of carbonyl (C=O) groups is 3. The summed E-state index contributed by atoms with van der Waals surface area (Å²) in [4.78, 5) is 38.7. The Balaban J connectivity index is 1.83. The van der Waals surface area contributed by atoms with E-state index >= 15 is 0 Å². The van der Waals surface area contributed by atoms with Crippen molar-refractivity contribution in [1.29, 1.82) is 0 Å². The fraction of sp³-hybridized carbons (Fsp3) is 0.318. The quantitative estimate of drug-likeness (QED) is 0.709. The van der Waals surface area contributed by atoms with E-state index in [0.717, 1.165) is 29.3 Å². The molecule has 6 nitrogen and oxygen atoms in total. The predicted octanol–water partition coefficient (Wildman–Crippen LogP) is 3.50. The Morgan fingerprint density at radius 2 is 1.73 bits per heavy atom. The molecule has 30 heavy (non-hydrogen) atoms. The Labute approximate surface area is 173 Å². The molecule has 3 rings (SSSR count). The highest BCUT2D eigenvalue weighted by Crippen LogP contribution is 2.31. The number of imide groups is 1. The first kappa shape index (κ1) is 21.4. The van der Waals surface area contributed by atoms with E-state index in [9.17, 15) is 23.2 Å². The Bertz CT molecular complexity index is 1000. The number of carbonyl (C=O) groups excluding carboxylic acids is 3. The highest BCUT2D eigenvalue weighted by molar-refractivity contribution is 6.10. The summed E-state index contributed by atoms with van der Waals surface area (Å²) in [5, 5.41) is 5.17. The molecule has 2 aromatic rings. The lowest BCUT2D eigenvalue weighted by Crippen LogP contribution is -2.42. The summed E-state index contributed by atoms with van der Waals surface area (Å²) < 4.78 is 27.9. The van der Waals surface area contributed by atoms with Crippen molar-refractivity contribution in [1.82, 2.24) is 10.2 Å². The van der Waals surface area contributed by atoms with E-state index in [0.29, 0.717) is 23.4 Å². The van der Waals surface area contributed by atoms with Crippen molar-refractivity contribution in [3.63, 3.8) is 0 Å². The molecule has 1 aliphatic rings. The summed E-state index contributed by atoms with van der Waals surface area (Å²) in [6, 6.07) is 7.52. The van der Waals surface area contributed by atoms with Crippen LogP contribution in [0.4, 0.5) is 19.3 Å². The summed E-state index contributed by atoms with van der Waals surface area (Å²) in [5.74, 6) is -2.96. The Kier molecular flexibility index (Phi) is 5.87. The summed E-state index contributed by atoms with van der Waals surface area (Å²) in [7, 11) is 0. The van der Waals surface area contributed by atoms with Crippen molar-refractivity contribution >= 4 is 23.5 Å². The van der Waals surface area contributed by atoms with Crippen molar-refractivity contribution in [3.8, 4) is 0 Å². The minimum atomic E-state index is -1.81. The highest BCUT2D eigenvalue weighted by atomic mass is 19.1. The number of hydrogen-bond donors (Lipinski definition) is 2. The second-order valence-electron chi connectivity index (χ2n) is 7.28. The van der Waals surface area contributed by atoms with E-state index in [1.54, 1.807) is 0 Å². The molecule has 2 aromatic carbocycles. The number of para-hydroxylation sites is 1. The minimum Gasteiger partial charge on any atom is -0.324 e. The lowest BCUT2D eigenvalue weighted by molar-refractivity contribution is -0.133. The van der Waals surface area contributed by atoms with Gasteiger partial charge in [0.05, 0.1) is 0 Å². The lowest BCUT2D eigenvalue weighted by Gasteiger charge is -2.23. The Morgan fingerprint density at radius 1 is 1.10 bits per heavy atom. The van der Waals surface area contributed by atoms with E-state index < -0.39 is 41.6 Å². The monoisotopic (exact) mass is 415 g/mol. The normalized spacial score (nSPS) is 18.5. The van der Waals surface area contributed by atoms with Crippen LogP contribution in [-0.2, 0) is 28.0 Å². The molecule has 158 valence electrons. The van der Waals surface area contributed by atoms with Gasteiger partial charge in [-0.05, 0) is 49.1 Å². The van der Waals surface area contributed by atoms with Gasteiger partial charge in [0.15, 0.2) is 0 Å². The van der Waals surface area contributed by atoms with Crippen molar-refractivity contribution < 1.29 is 23.2 Å². The van der Waals surface area contributed by atoms with Gasteiger partial charge in [0, 0.05) is 11.3 Å². The average molecular weight is 415 g/mol. The van der Waals surface area contributed by atoms with Gasteiger partial charge in [-0.2, -0.15) is 0 Å². The molecule has 0 unspecified atom stereocenters. The second-order valence-corrected chi connectivity index (χ2v) is 7.28. The molecule has 2 N–H and O–H groups in total. The van der Waals surface area contributed by atoms with Gasteiger partial charge in [0.2, 0.25) is 5.91 Å². The average Bonchev–Trinajstić information content (AvgIpc) is 2.93. The van der Waals surface area contributed by atoms with Crippen LogP contribution in [0, 0.1) is 11.6 Å². The van der Waals surface area contributed by atoms with Gasteiger partial charge in [-0.15, -0.1) is 0 Å². The number of urea groups is 1. The Morgan fingerprint density at radius 3 is 2.33 bits per heavy atom. The SMILES string of the molecule is CCc1cccc(CC)c1NC(=O)CN1C(=O)N[C@](C)(c2cc(F)ccc2F)C1=O. The van der Waals surface area contributed by atoms with E-state index in [1.165, 1.54) is 6.92 Å². The number of hydrogen-bond acceptors (Lipinski definition) is 3. The number of anilines is 1. The maximum absolute atomic E-state index is 14.2. The molecule has 1 fully saturated rings. The van der Waals surface area contributed by atoms with E-state index in [1.807, 2.05) is 32.0 Å². The third-order valence-electron chi connectivity index (χ3n) is 5.31. The zero-order chi connectivity index (χ0) is 22.1. The predicted molar refractivity (Wildman–Crippen MR) is 108 cm³/mol. The number of rotatable bonds is 6. The van der Waals surface area contributed by atoms with Gasteiger partial charge in [-0.3, -0.25) is 14.5 Å². The molecule has 0 radical (unpaired) electrons. The first-order valence-corrected chi connectivity index (χ1v) is 9.71. The molecule has 4 amide bonds. The van der Waals surface area contributed by atoms with E-state index in [4.69, 9.17) is 0 Å². The third kappa shape index (κ3) is 3.77. The number of benzene rings is 2. The topological polar surface area (TPSA) is 78.5 Å². The van der Waals surface area contributed by atoms with E-state index in [2.05, 4.69) is 10.6 Å². The summed E-state index contributed by atoms with van der Waals surface area (Å²) in [6.07, 6.45) is 1.40. The zero-order valence-corrected chi connectivity index (χ0v) is 17.0. The van der Waals surface area contributed by atoms with Gasteiger partial charge >= 0.3 is 6.03 Å². The van der Waals surface area contributed by atoms with Crippen LogP contribution in [0.15, 0.2) is 36.4 Å². The third-order valence-corrected chi connectivity index (χ3v) is 5.31. The van der Waals surface area contributed by atoms with Crippen LogP contribution in [0.2, 0.25) is 0 Å². The van der Waals surface area contributed by atoms with Crippen molar-refractivity contribution in [2.45, 2.75) is 39.2 Å². The minimum absolute atomic E-state index is 0.298. The lowest BCUT2D eigenvalue weighted by atomic mass is 9.91. The van der Waals surface area contributed by atoms with Crippen LogP contribution < -0.4 is 10.6 Å². The number of halogens is 2. The van der Waals surface area contributed by atoms with Gasteiger partial charge in [-0.25, -0.2) is 13.6 Å². The smallest absolute Gasteiger partial charge is 0.324 e. The fourth-order valence-electron chi connectivity index (χ4n) is 3.63. The molecule has 1 heterocycles. The standard InChI is InChI=1S/C22H23F2N3O3/c1-4-13-7-6-8-14(5-2)19(13)25-18(28)12-27-20(29)22(3,26-21(27)30)16-11-15(23)9-10-17(16)24/h6-11H,4-5,12H2,1-3H3,(H,25,28)(H,26,30)/t22-/m1/s1. The van der Waals surface area contributed by atoms with Gasteiger partial charge in [0.25, 0.3) is 5.91 Å².